The number of nitrogens with one attached hydrogen (secondary N) is 1. The van der Waals surface area contributed by atoms with E-state index in [0.29, 0.717) is 5.75 Å². The standard InChI is InChI=1S/C18H14F2N2O3/c1-24-16-5-3-2-4-12(16)9-21-18(23)13-10-22-25-17(13)11-6-7-14(19)15(20)8-11/h2-8,10H,9H2,1H3,(H,21,23). The number of rotatable bonds is 5. The van der Waals surface area contributed by atoms with Crippen molar-refractivity contribution >= 4 is 5.91 Å². The van der Waals surface area contributed by atoms with Crippen molar-refractivity contribution in [1.82, 2.24) is 10.5 Å². The Balaban J connectivity index is 1.80. The molecule has 0 unspecified atom stereocenters. The number of carbonyl (C=O) groups excluding carboxylic acids is 1. The monoisotopic (exact) mass is 344 g/mol. The largest absolute Gasteiger partial charge is 0.496 e. The average Bonchev–Trinajstić information content (AvgIpc) is 3.12. The maximum atomic E-state index is 13.4. The molecular weight excluding hydrogens is 330 g/mol. The summed E-state index contributed by atoms with van der Waals surface area (Å²) in [6.45, 7) is 0.227. The molecule has 0 aliphatic rings. The number of hydrogen-bond donors (Lipinski definition) is 1. The van der Waals surface area contributed by atoms with Crippen LogP contribution in [-0.4, -0.2) is 18.2 Å². The zero-order valence-corrected chi connectivity index (χ0v) is 13.3. The maximum Gasteiger partial charge on any atom is 0.257 e. The van der Waals surface area contributed by atoms with Gasteiger partial charge in [-0.15, -0.1) is 0 Å². The number of halogens is 2. The van der Waals surface area contributed by atoms with Gasteiger partial charge in [-0.05, 0) is 24.3 Å². The molecule has 25 heavy (non-hydrogen) atoms. The predicted molar refractivity (Wildman–Crippen MR) is 86.0 cm³/mol. The number of amides is 1. The van der Waals surface area contributed by atoms with Crippen molar-refractivity contribution in [2.45, 2.75) is 6.54 Å². The van der Waals surface area contributed by atoms with E-state index in [2.05, 4.69) is 10.5 Å². The van der Waals surface area contributed by atoms with E-state index < -0.39 is 17.5 Å². The lowest BCUT2D eigenvalue weighted by Crippen LogP contribution is -2.23. The molecule has 128 valence electrons. The zero-order valence-electron chi connectivity index (χ0n) is 13.3. The first kappa shape index (κ1) is 16.6. The molecule has 0 fully saturated rings. The summed E-state index contributed by atoms with van der Waals surface area (Å²) in [6, 6.07) is 10.5. The van der Waals surface area contributed by atoms with Crippen molar-refractivity contribution in [3.8, 4) is 17.1 Å². The third-order valence-corrected chi connectivity index (χ3v) is 3.63. The molecule has 1 amide bonds. The second-order valence-electron chi connectivity index (χ2n) is 5.19. The second kappa shape index (κ2) is 7.12. The van der Waals surface area contributed by atoms with Gasteiger partial charge in [0.25, 0.3) is 5.91 Å². The molecule has 0 radical (unpaired) electrons. The lowest BCUT2D eigenvalue weighted by atomic mass is 10.1. The number of nitrogens with zero attached hydrogens (tertiary/aromatic N) is 1. The van der Waals surface area contributed by atoms with Gasteiger partial charge in [-0.3, -0.25) is 4.79 Å². The molecule has 0 atom stereocenters. The molecule has 5 nitrogen and oxygen atoms in total. The van der Waals surface area contributed by atoms with Gasteiger partial charge in [0.1, 0.15) is 11.3 Å². The third-order valence-electron chi connectivity index (χ3n) is 3.63. The second-order valence-corrected chi connectivity index (χ2v) is 5.19. The minimum absolute atomic E-state index is 0.0661. The van der Waals surface area contributed by atoms with E-state index in [9.17, 15) is 13.6 Å². The molecule has 0 saturated heterocycles. The Labute approximate surface area is 142 Å². The van der Waals surface area contributed by atoms with Crippen molar-refractivity contribution in [2.24, 2.45) is 0 Å². The Bertz CT molecular complexity index is 909. The summed E-state index contributed by atoms with van der Waals surface area (Å²) >= 11 is 0. The fourth-order valence-electron chi connectivity index (χ4n) is 2.37. The number of aromatic nitrogens is 1. The van der Waals surface area contributed by atoms with Crippen LogP contribution >= 0.6 is 0 Å². The van der Waals surface area contributed by atoms with Crippen LogP contribution in [0.15, 0.2) is 53.2 Å². The van der Waals surface area contributed by atoms with E-state index in [1.165, 1.54) is 12.3 Å². The van der Waals surface area contributed by atoms with Crippen molar-refractivity contribution < 1.29 is 22.8 Å². The Morgan fingerprint density at radius 3 is 2.76 bits per heavy atom. The van der Waals surface area contributed by atoms with Crippen molar-refractivity contribution in [2.75, 3.05) is 7.11 Å². The minimum Gasteiger partial charge on any atom is -0.496 e. The van der Waals surface area contributed by atoms with E-state index in [4.69, 9.17) is 9.26 Å². The highest BCUT2D eigenvalue weighted by Crippen LogP contribution is 2.25. The predicted octanol–water partition coefficient (Wildman–Crippen LogP) is 3.56. The third kappa shape index (κ3) is 3.50. The van der Waals surface area contributed by atoms with Crippen LogP contribution in [0.2, 0.25) is 0 Å². The summed E-state index contributed by atoms with van der Waals surface area (Å²) in [5.74, 6) is -1.75. The van der Waals surface area contributed by atoms with E-state index in [0.717, 1.165) is 17.7 Å². The number of carbonyl (C=O) groups is 1. The number of para-hydroxylation sites is 1. The summed E-state index contributed by atoms with van der Waals surface area (Å²) in [7, 11) is 1.54. The quantitative estimate of drug-likeness (QED) is 0.769. The van der Waals surface area contributed by atoms with Crippen LogP contribution < -0.4 is 10.1 Å². The lowest BCUT2D eigenvalue weighted by molar-refractivity contribution is 0.0951. The number of benzene rings is 2. The van der Waals surface area contributed by atoms with E-state index in [1.807, 2.05) is 18.2 Å². The highest BCUT2D eigenvalue weighted by Gasteiger charge is 2.19. The Hall–Kier alpha value is -3.22. The highest BCUT2D eigenvalue weighted by atomic mass is 19.2. The smallest absolute Gasteiger partial charge is 0.257 e. The van der Waals surface area contributed by atoms with Crippen LogP contribution in [0.4, 0.5) is 8.78 Å². The summed E-state index contributed by atoms with van der Waals surface area (Å²) in [5, 5.41) is 6.31. The zero-order chi connectivity index (χ0) is 17.8. The average molecular weight is 344 g/mol. The maximum absolute atomic E-state index is 13.4. The Morgan fingerprint density at radius 2 is 2.00 bits per heavy atom. The van der Waals surface area contributed by atoms with Gasteiger partial charge < -0.3 is 14.6 Å². The SMILES string of the molecule is COc1ccccc1CNC(=O)c1cnoc1-c1ccc(F)c(F)c1. The molecule has 7 heteroatoms. The van der Waals surface area contributed by atoms with Crippen molar-refractivity contribution in [1.29, 1.82) is 0 Å². The molecule has 1 aromatic heterocycles. The Kier molecular flexibility index (Phi) is 4.74. The van der Waals surface area contributed by atoms with Crippen LogP contribution in [0.1, 0.15) is 15.9 Å². The summed E-state index contributed by atoms with van der Waals surface area (Å²) in [6.07, 6.45) is 1.23. The van der Waals surface area contributed by atoms with Crippen molar-refractivity contribution in [3.05, 3.63) is 71.4 Å². The van der Waals surface area contributed by atoms with Gasteiger partial charge in [-0.1, -0.05) is 23.4 Å². The topological polar surface area (TPSA) is 64.4 Å². The molecule has 0 aliphatic heterocycles. The summed E-state index contributed by atoms with van der Waals surface area (Å²) in [5.41, 5.74) is 1.14. The van der Waals surface area contributed by atoms with Gasteiger partial charge in [0, 0.05) is 17.7 Å². The first-order chi connectivity index (χ1) is 12.1. The molecule has 1 N–H and O–H groups in total. The normalized spacial score (nSPS) is 10.5. The van der Waals surface area contributed by atoms with Gasteiger partial charge in [0.2, 0.25) is 0 Å². The van der Waals surface area contributed by atoms with Gasteiger partial charge in [-0.25, -0.2) is 8.78 Å². The minimum atomic E-state index is -1.03. The van der Waals surface area contributed by atoms with Gasteiger partial charge in [-0.2, -0.15) is 0 Å². The van der Waals surface area contributed by atoms with Gasteiger partial charge >= 0.3 is 0 Å². The molecular formula is C18H14F2N2O3. The summed E-state index contributed by atoms with van der Waals surface area (Å²) in [4.78, 5) is 12.4. The van der Waals surface area contributed by atoms with Gasteiger partial charge in [0.15, 0.2) is 17.4 Å². The number of hydrogen-bond acceptors (Lipinski definition) is 4. The number of ether oxygens (including phenoxy) is 1. The molecule has 0 spiro atoms. The van der Waals surface area contributed by atoms with Crippen LogP contribution in [0.3, 0.4) is 0 Å². The number of methoxy groups -OCH3 is 1. The molecule has 0 bridgehead atoms. The fraction of sp³-hybridized carbons (Fsp3) is 0.111. The van der Waals surface area contributed by atoms with E-state index in [-0.39, 0.29) is 23.4 Å². The van der Waals surface area contributed by atoms with E-state index >= 15 is 0 Å². The molecule has 1 heterocycles. The fourth-order valence-corrected chi connectivity index (χ4v) is 2.37. The van der Waals surface area contributed by atoms with Crippen molar-refractivity contribution in [3.63, 3.8) is 0 Å². The van der Waals surface area contributed by atoms with Crippen LogP contribution in [-0.2, 0) is 6.54 Å². The summed E-state index contributed by atoms with van der Waals surface area (Å²) < 4.78 is 36.7. The Morgan fingerprint density at radius 1 is 1.20 bits per heavy atom. The molecule has 0 saturated carbocycles. The lowest BCUT2D eigenvalue weighted by Gasteiger charge is -2.09. The first-order valence-corrected chi connectivity index (χ1v) is 7.40. The van der Waals surface area contributed by atoms with Crippen LogP contribution in [0.5, 0.6) is 5.75 Å². The molecule has 0 aliphatic carbocycles. The molecule has 2 aromatic carbocycles. The van der Waals surface area contributed by atoms with Gasteiger partial charge in [0.05, 0.1) is 13.3 Å². The molecule has 3 rings (SSSR count). The first-order valence-electron chi connectivity index (χ1n) is 7.40. The van der Waals surface area contributed by atoms with Crippen LogP contribution in [0.25, 0.3) is 11.3 Å². The van der Waals surface area contributed by atoms with E-state index in [1.54, 1.807) is 13.2 Å². The molecule has 3 aromatic rings. The van der Waals surface area contributed by atoms with Crippen LogP contribution in [0, 0.1) is 11.6 Å². The highest BCUT2D eigenvalue weighted by molar-refractivity contribution is 5.99.